The zero-order valence-electron chi connectivity index (χ0n) is 11.7. The Kier molecular flexibility index (Phi) is 4.10. The van der Waals surface area contributed by atoms with Gasteiger partial charge in [0.05, 0.1) is 11.6 Å². The molecule has 0 radical (unpaired) electrons. The lowest BCUT2D eigenvalue weighted by atomic mass is 10.0. The van der Waals surface area contributed by atoms with Gasteiger partial charge < -0.3 is 10.4 Å². The number of anilines is 1. The molecule has 1 aromatic rings. The Morgan fingerprint density at radius 1 is 1.24 bits per heavy atom. The summed E-state index contributed by atoms with van der Waals surface area (Å²) in [6, 6.07) is -0.335. The molecule has 2 aliphatic rings. The molecule has 0 saturated heterocycles. The van der Waals surface area contributed by atoms with E-state index in [0.717, 1.165) is 25.0 Å². The van der Waals surface area contributed by atoms with Crippen LogP contribution in [0.4, 0.5) is 9.93 Å². The minimum Gasteiger partial charge on any atom is -0.481 e. The van der Waals surface area contributed by atoms with Gasteiger partial charge in [-0.25, -0.2) is 9.78 Å². The van der Waals surface area contributed by atoms with Crippen LogP contribution in [0.5, 0.6) is 0 Å². The van der Waals surface area contributed by atoms with Gasteiger partial charge in [0.1, 0.15) is 0 Å². The van der Waals surface area contributed by atoms with E-state index < -0.39 is 5.97 Å². The predicted molar refractivity (Wildman–Crippen MR) is 79.7 cm³/mol. The molecular weight excluding hydrogens is 290 g/mol. The number of aryl methyl sites for hydroxylation is 2. The van der Waals surface area contributed by atoms with E-state index in [1.807, 2.05) is 0 Å². The number of rotatable bonds is 3. The van der Waals surface area contributed by atoms with E-state index >= 15 is 0 Å². The second-order valence-electron chi connectivity index (χ2n) is 5.74. The zero-order valence-corrected chi connectivity index (χ0v) is 12.5. The van der Waals surface area contributed by atoms with Crippen molar-refractivity contribution < 1.29 is 14.7 Å². The molecule has 1 saturated carbocycles. The molecular formula is C14H19N3O3S. The lowest BCUT2D eigenvalue weighted by molar-refractivity contribution is -0.141. The maximum absolute atomic E-state index is 12.0. The Morgan fingerprint density at radius 2 is 2.05 bits per heavy atom. The zero-order chi connectivity index (χ0) is 14.8. The van der Waals surface area contributed by atoms with Crippen molar-refractivity contribution in [1.82, 2.24) is 10.3 Å². The van der Waals surface area contributed by atoms with Crippen molar-refractivity contribution in [3.05, 3.63) is 10.6 Å². The van der Waals surface area contributed by atoms with Crippen LogP contribution in [0.3, 0.4) is 0 Å². The average Bonchev–Trinajstić information content (AvgIpc) is 3.04. The number of carbonyl (C=O) groups excluding carboxylic acids is 1. The molecule has 0 spiro atoms. The number of fused-ring (bicyclic) bond motifs is 1. The molecule has 1 aromatic heterocycles. The van der Waals surface area contributed by atoms with Gasteiger partial charge in [0, 0.05) is 10.9 Å². The van der Waals surface area contributed by atoms with E-state index in [1.54, 1.807) is 11.3 Å². The van der Waals surface area contributed by atoms with Gasteiger partial charge in [-0.3, -0.25) is 10.1 Å². The first-order valence-electron chi connectivity index (χ1n) is 7.40. The number of nitrogens with zero attached hydrogens (tertiary/aromatic N) is 1. The molecule has 3 N–H and O–H groups in total. The van der Waals surface area contributed by atoms with Gasteiger partial charge in [-0.05, 0) is 44.9 Å². The van der Waals surface area contributed by atoms with Crippen LogP contribution in [0.2, 0.25) is 0 Å². The molecule has 1 heterocycles. The molecule has 7 heteroatoms. The molecule has 21 heavy (non-hydrogen) atoms. The molecule has 3 rings (SSSR count). The van der Waals surface area contributed by atoms with E-state index in [9.17, 15) is 9.59 Å². The first kappa shape index (κ1) is 14.3. The fourth-order valence-electron chi connectivity index (χ4n) is 3.06. The van der Waals surface area contributed by atoms with Crippen LogP contribution in [0, 0.1) is 5.92 Å². The monoisotopic (exact) mass is 309 g/mol. The third-order valence-corrected chi connectivity index (χ3v) is 5.26. The van der Waals surface area contributed by atoms with Crippen LogP contribution >= 0.6 is 11.3 Å². The number of aromatic nitrogens is 1. The maximum atomic E-state index is 12.0. The van der Waals surface area contributed by atoms with Crippen LogP contribution in [0.15, 0.2) is 0 Å². The normalized spacial score (nSPS) is 24.4. The van der Waals surface area contributed by atoms with Crippen molar-refractivity contribution in [1.29, 1.82) is 0 Å². The van der Waals surface area contributed by atoms with Gasteiger partial charge >= 0.3 is 12.0 Å². The minimum atomic E-state index is -0.771. The highest BCUT2D eigenvalue weighted by atomic mass is 32.1. The second-order valence-corrected chi connectivity index (χ2v) is 6.82. The van der Waals surface area contributed by atoms with Gasteiger partial charge in [0.25, 0.3) is 0 Å². The van der Waals surface area contributed by atoms with Gasteiger partial charge in [-0.15, -0.1) is 11.3 Å². The number of nitrogens with one attached hydrogen (secondary N) is 2. The molecule has 1 fully saturated rings. The highest BCUT2D eigenvalue weighted by Crippen LogP contribution is 2.30. The standard InChI is InChI=1S/C14H19N3O3S/c18-12(19)8-5-6-9(7-8)15-13(20)17-14-16-10-3-1-2-4-11(10)21-14/h8-9H,1-7H2,(H,18,19)(H2,15,16,17,20)/t8-,9+/m1/s1. The Morgan fingerprint density at radius 3 is 2.76 bits per heavy atom. The van der Waals surface area contributed by atoms with Crippen molar-refractivity contribution in [2.45, 2.75) is 51.0 Å². The second kappa shape index (κ2) is 6.01. The Bertz CT molecular complexity index is 534. The first-order chi connectivity index (χ1) is 10.1. The summed E-state index contributed by atoms with van der Waals surface area (Å²) in [6.07, 6.45) is 6.28. The van der Waals surface area contributed by atoms with E-state index in [4.69, 9.17) is 5.11 Å². The van der Waals surface area contributed by atoms with Crippen molar-refractivity contribution in [3.8, 4) is 0 Å². The Hall–Kier alpha value is -1.63. The van der Waals surface area contributed by atoms with E-state index in [0.29, 0.717) is 18.0 Å². The van der Waals surface area contributed by atoms with Crippen LogP contribution in [-0.2, 0) is 17.6 Å². The largest absolute Gasteiger partial charge is 0.481 e. The summed E-state index contributed by atoms with van der Waals surface area (Å²) < 4.78 is 0. The van der Waals surface area contributed by atoms with Gasteiger partial charge in [0.2, 0.25) is 0 Å². The molecule has 2 amide bonds. The quantitative estimate of drug-likeness (QED) is 0.799. The number of amides is 2. The summed E-state index contributed by atoms with van der Waals surface area (Å²) in [4.78, 5) is 28.6. The van der Waals surface area contributed by atoms with Gasteiger partial charge in [-0.2, -0.15) is 0 Å². The number of aliphatic carboxylic acids is 1. The molecule has 0 bridgehead atoms. The number of thiazole rings is 1. The topological polar surface area (TPSA) is 91.3 Å². The third-order valence-electron chi connectivity index (χ3n) is 4.18. The number of carbonyl (C=O) groups is 2. The van der Waals surface area contributed by atoms with Crippen molar-refractivity contribution in [2.75, 3.05) is 5.32 Å². The Labute approximate surface area is 127 Å². The summed E-state index contributed by atoms with van der Waals surface area (Å²) in [5.74, 6) is -1.10. The highest BCUT2D eigenvalue weighted by Gasteiger charge is 2.30. The number of hydrogen-bond acceptors (Lipinski definition) is 4. The number of urea groups is 1. The molecule has 2 aliphatic carbocycles. The lowest BCUT2D eigenvalue weighted by Gasteiger charge is -2.12. The van der Waals surface area contributed by atoms with Crippen LogP contribution in [0.1, 0.15) is 42.7 Å². The van der Waals surface area contributed by atoms with Crippen LogP contribution in [-0.4, -0.2) is 28.1 Å². The number of hydrogen-bond donors (Lipinski definition) is 3. The van der Waals surface area contributed by atoms with Crippen molar-refractivity contribution in [3.63, 3.8) is 0 Å². The first-order valence-corrected chi connectivity index (χ1v) is 8.22. The van der Waals surface area contributed by atoms with Crippen LogP contribution in [0.25, 0.3) is 0 Å². The van der Waals surface area contributed by atoms with E-state index in [-0.39, 0.29) is 18.0 Å². The summed E-state index contributed by atoms with van der Waals surface area (Å²) in [5.41, 5.74) is 1.12. The minimum absolute atomic E-state index is 0.0549. The summed E-state index contributed by atoms with van der Waals surface area (Å²) in [7, 11) is 0. The maximum Gasteiger partial charge on any atom is 0.321 e. The predicted octanol–water partition coefficient (Wildman–Crippen LogP) is 2.40. The lowest BCUT2D eigenvalue weighted by Crippen LogP contribution is -2.36. The van der Waals surface area contributed by atoms with Crippen molar-refractivity contribution in [2.24, 2.45) is 5.92 Å². The Balaban J connectivity index is 1.52. The molecule has 0 unspecified atom stereocenters. The molecule has 114 valence electrons. The summed E-state index contributed by atoms with van der Waals surface area (Å²) in [5, 5.41) is 15.2. The summed E-state index contributed by atoms with van der Waals surface area (Å²) in [6.45, 7) is 0. The number of carboxylic acids is 1. The van der Waals surface area contributed by atoms with Crippen molar-refractivity contribution >= 4 is 28.5 Å². The fraction of sp³-hybridized carbons (Fsp3) is 0.643. The van der Waals surface area contributed by atoms with Gasteiger partial charge in [-0.1, -0.05) is 0 Å². The average molecular weight is 309 g/mol. The summed E-state index contributed by atoms with van der Waals surface area (Å²) >= 11 is 1.55. The number of carboxylic acid groups (broad SMARTS) is 1. The van der Waals surface area contributed by atoms with Crippen LogP contribution < -0.4 is 10.6 Å². The van der Waals surface area contributed by atoms with Gasteiger partial charge in [0.15, 0.2) is 5.13 Å². The fourth-order valence-corrected chi connectivity index (χ4v) is 4.11. The third kappa shape index (κ3) is 3.34. The van der Waals surface area contributed by atoms with E-state index in [2.05, 4.69) is 15.6 Å². The molecule has 0 aromatic carbocycles. The molecule has 6 nitrogen and oxygen atoms in total. The smallest absolute Gasteiger partial charge is 0.321 e. The SMILES string of the molecule is O=C(Nc1nc2c(s1)CCCC2)N[C@H]1CC[C@@H](C(=O)O)C1. The molecule has 2 atom stereocenters. The molecule has 0 aliphatic heterocycles. The highest BCUT2D eigenvalue weighted by molar-refractivity contribution is 7.15. The van der Waals surface area contributed by atoms with E-state index in [1.165, 1.54) is 17.7 Å².